The van der Waals surface area contributed by atoms with Crippen LogP contribution in [0.15, 0.2) is 43.0 Å². The minimum Gasteiger partial charge on any atom is -0.352 e. The summed E-state index contributed by atoms with van der Waals surface area (Å²) >= 11 is 0. The highest BCUT2D eigenvalue weighted by molar-refractivity contribution is 5.72. The molecule has 0 spiro atoms. The molecule has 0 N–H and O–H groups in total. The second-order valence-corrected chi connectivity index (χ2v) is 6.98. The third kappa shape index (κ3) is 3.83. The molecule has 3 heterocycles. The number of rotatable bonds is 4. The van der Waals surface area contributed by atoms with Crippen LogP contribution in [0.5, 0.6) is 0 Å². The molecule has 1 fully saturated rings. The Hall–Kier alpha value is -2.80. The normalized spacial score (nSPS) is 15.3. The zero-order valence-corrected chi connectivity index (χ0v) is 15.6. The molecule has 1 aliphatic heterocycles. The number of benzene rings is 1. The first kappa shape index (κ1) is 17.6. The Morgan fingerprint density at radius 2 is 1.85 bits per heavy atom. The molecular weight excluding hydrogens is 343 g/mol. The van der Waals surface area contributed by atoms with Crippen molar-refractivity contribution in [1.29, 1.82) is 0 Å². The van der Waals surface area contributed by atoms with Crippen LogP contribution in [0.25, 0.3) is 11.3 Å². The molecule has 1 aliphatic rings. The van der Waals surface area contributed by atoms with Crippen molar-refractivity contribution in [2.45, 2.75) is 13.5 Å². The summed E-state index contributed by atoms with van der Waals surface area (Å²) in [5.74, 6) is 0.665. The van der Waals surface area contributed by atoms with Gasteiger partial charge in [-0.05, 0) is 30.7 Å². The molecule has 0 radical (unpaired) electrons. The zero-order chi connectivity index (χ0) is 18.8. The molecule has 27 heavy (non-hydrogen) atoms. The van der Waals surface area contributed by atoms with Crippen molar-refractivity contribution in [2.75, 3.05) is 31.1 Å². The van der Waals surface area contributed by atoms with Crippen molar-refractivity contribution in [2.24, 2.45) is 7.05 Å². The smallest absolute Gasteiger partial charge is 0.155 e. The Morgan fingerprint density at radius 1 is 1.07 bits per heavy atom. The van der Waals surface area contributed by atoms with E-state index in [1.54, 1.807) is 25.4 Å². The predicted octanol–water partition coefficient (Wildman–Crippen LogP) is 2.65. The summed E-state index contributed by atoms with van der Waals surface area (Å²) in [4.78, 5) is 13.8. The molecule has 0 bridgehead atoms. The van der Waals surface area contributed by atoms with Gasteiger partial charge in [-0.2, -0.15) is 5.10 Å². The van der Waals surface area contributed by atoms with Gasteiger partial charge in [0, 0.05) is 69.5 Å². The average molecular weight is 366 g/mol. The predicted molar refractivity (Wildman–Crippen MR) is 103 cm³/mol. The number of halogens is 1. The molecule has 0 atom stereocenters. The monoisotopic (exact) mass is 366 g/mol. The SMILES string of the molecule is Cc1cc(-c2nccnc2N2CCN(Cc3cnn(C)c3)CC2)ccc1F. The number of anilines is 1. The summed E-state index contributed by atoms with van der Waals surface area (Å²) in [5.41, 5.74) is 3.55. The fourth-order valence-electron chi connectivity index (χ4n) is 3.49. The Kier molecular flexibility index (Phi) is 4.85. The van der Waals surface area contributed by atoms with Crippen LogP contribution < -0.4 is 4.90 Å². The first-order chi connectivity index (χ1) is 13.1. The van der Waals surface area contributed by atoms with Crippen LogP contribution in [-0.4, -0.2) is 50.8 Å². The molecule has 6 nitrogen and oxygen atoms in total. The van der Waals surface area contributed by atoms with E-state index in [1.165, 1.54) is 11.6 Å². The minimum absolute atomic E-state index is 0.201. The molecule has 7 heteroatoms. The molecule has 140 valence electrons. The highest BCUT2D eigenvalue weighted by Crippen LogP contribution is 2.28. The van der Waals surface area contributed by atoms with E-state index in [0.717, 1.165) is 49.8 Å². The molecule has 0 amide bonds. The van der Waals surface area contributed by atoms with Crippen LogP contribution in [0.1, 0.15) is 11.1 Å². The highest BCUT2D eigenvalue weighted by atomic mass is 19.1. The molecule has 3 aromatic rings. The lowest BCUT2D eigenvalue weighted by molar-refractivity contribution is 0.249. The molecule has 4 rings (SSSR count). The van der Waals surface area contributed by atoms with Crippen molar-refractivity contribution in [3.05, 3.63) is 59.9 Å². The number of piperazine rings is 1. The van der Waals surface area contributed by atoms with E-state index in [9.17, 15) is 4.39 Å². The number of aryl methyl sites for hydroxylation is 2. The lowest BCUT2D eigenvalue weighted by Crippen LogP contribution is -2.46. The van der Waals surface area contributed by atoms with Crippen molar-refractivity contribution in [3.63, 3.8) is 0 Å². The van der Waals surface area contributed by atoms with Crippen LogP contribution in [0.2, 0.25) is 0 Å². The topological polar surface area (TPSA) is 50.1 Å². The van der Waals surface area contributed by atoms with E-state index >= 15 is 0 Å². The van der Waals surface area contributed by atoms with Gasteiger partial charge in [-0.25, -0.2) is 9.37 Å². The van der Waals surface area contributed by atoms with Gasteiger partial charge in [-0.15, -0.1) is 0 Å². The van der Waals surface area contributed by atoms with Crippen LogP contribution in [-0.2, 0) is 13.6 Å². The summed E-state index contributed by atoms with van der Waals surface area (Å²) in [6, 6.07) is 5.10. The van der Waals surface area contributed by atoms with E-state index in [2.05, 4.69) is 31.1 Å². The van der Waals surface area contributed by atoms with Gasteiger partial charge in [0.1, 0.15) is 11.5 Å². The Morgan fingerprint density at radius 3 is 2.56 bits per heavy atom. The summed E-state index contributed by atoms with van der Waals surface area (Å²) in [5, 5.41) is 4.24. The fraction of sp³-hybridized carbons (Fsp3) is 0.350. The van der Waals surface area contributed by atoms with Gasteiger partial charge in [0.15, 0.2) is 5.82 Å². The lowest BCUT2D eigenvalue weighted by atomic mass is 10.1. The maximum absolute atomic E-state index is 13.6. The quantitative estimate of drug-likeness (QED) is 0.711. The summed E-state index contributed by atoms with van der Waals surface area (Å²) < 4.78 is 15.5. The maximum Gasteiger partial charge on any atom is 0.155 e. The standard InChI is InChI=1S/C20H23FN6/c1-15-11-17(3-4-18(15)21)19-20(23-6-5-22-19)27-9-7-26(8-10-27)14-16-12-24-25(2)13-16/h3-6,11-13H,7-10,14H2,1-2H3. The van der Waals surface area contributed by atoms with Gasteiger partial charge in [0.25, 0.3) is 0 Å². The number of nitrogens with zero attached hydrogens (tertiary/aromatic N) is 6. The van der Waals surface area contributed by atoms with Crippen molar-refractivity contribution in [1.82, 2.24) is 24.6 Å². The van der Waals surface area contributed by atoms with E-state index in [-0.39, 0.29) is 5.82 Å². The molecule has 0 saturated carbocycles. The average Bonchev–Trinajstić information content (AvgIpc) is 3.09. The molecule has 0 unspecified atom stereocenters. The van der Waals surface area contributed by atoms with Gasteiger partial charge < -0.3 is 4.90 Å². The second-order valence-electron chi connectivity index (χ2n) is 6.98. The largest absolute Gasteiger partial charge is 0.352 e. The molecule has 0 aliphatic carbocycles. The molecule has 2 aromatic heterocycles. The van der Waals surface area contributed by atoms with Gasteiger partial charge in [-0.3, -0.25) is 14.6 Å². The third-order valence-corrected chi connectivity index (χ3v) is 4.95. The van der Waals surface area contributed by atoms with Crippen molar-refractivity contribution in [3.8, 4) is 11.3 Å². The lowest BCUT2D eigenvalue weighted by Gasteiger charge is -2.35. The number of hydrogen-bond donors (Lipinski definition) is 0. The minimum atomic E-state index is -0.201. The maximum atomic E-state index is 13.6. The van der Waals surface area contributed by atoms with Gasteiger partial charge in [0.05, 0.1) is 6.20 Å². The highest BCUT2D eigenvalue weighted by Gasteiger charge is 2.22. The Bertz CT molecular complexity index is 930. The van der Waals surface area contributed by atoms with Crippen molar-refractivity contribution >= 4 is 5.82 Å². The summed E-state index contributed by atoms with van der Waals surface area (Å²) in [6.07, 6.45) is 7.39. The van der Waals surface area contributed by atoms with E-state index in [1.807, 2.05) is 24.0 Å². The van der Waals surface area contributed by atoms with Gasteiger partial charge in [0.2, 0.25) is 0 Å². The second kappa shape index (κ2) is 7.44. The van der Waals surface area contributed by atoms with Crippen molar-refractivity contribution < 1.29 is 4.39 Å². The zero-order valence-electron chi connectivity index (χ0n) is 15.6. The number of hydrogen-bond acceptors (Lipinski definition) is 5. The number of aromatic nitrogens is 4. The Balaban J connectivity index is 1.49. The van der Waals surface area contributed by atoms with Crippen LogP contribution in [0.4, 0.5) is 10.2 Å². The Labute approximate surface area is 158 Å². The van der Waals surface area contributed by atoms with E-state index in [0.29, 0.717) is 5.56 Å². The first-order valence-corrected chi connectivity index (χ1v) is 9.12. The van der Waals surface area contributed by atoms with E-state index < -0.39 is 0 Å². The summed E-state index contributed by atoms with van der Waals surface area (Å²) in [7, 11) is 1.94. The van der Waals surface area contributed by atoms with Crippen LogP contribution in [0, 0.1) is 12.7 Å². The summed E-state index contributed by atoms with van der Waals surface area (Å²) in [6.45, 7) is 6.34. The first-order valence-electron chi connectivity index (χ1n) is 9.12. The molecular formula is C20H23FN6. The fourth-order valence-corrected chi connectivity index (χ4v) is 3.49. The van der Waals surface area contributed by atoms with Crippen LogP contribution >= 0.6 is 0 Å². The molecule has 1 aromatic carbocycles. The van der Waals surface area contributed by atoms with E-state index in [4.69, 9.17) is 0 Å². The van der Waals surface area contributed by atoms with Gasteiger partial charge in [-0.1, -0.05) is 0 Å². The molecule has 1 saturated heterocycles. The van der Waals surface area contributed by atoms with Gasteiger partial charge >= 0.3 is 0 Å². The third-order valence-electron chi connectivity index (χ3n) is 4.95. The van der Waals surface area contributed by atoms with Crippen LogP contribution in [0.3, 0.4) is 0 Å².